The van der Waals surface area contributed by atoms with E-state index in [-0.39, 0.29) is 44.2 Å². The molecule has 0 bridgehead atoms. The van der Waals surface area contributed by atoms with Crippen LogP contribution in [0, 0.1) is 0 Å². The molecule has 1 aromatic heterocycles. The summed E-state index contributed by atoms with van der Waals surface area (Å²) in [7, 11) is 0. The van der Waals surface area contributed by atoms with Gasteiger partial charge in [-0.05, 0) is 18.6 Å². The first-order valence-electron chi connectivity index (χ1n) is 4.84. The molecule has 0 aliphatic heterocycles. The number of aromatic nitrogens is 1. The zero-order chi connectivity index (χ0) is 12.4. The molecule has 0 saturated carbocycles. The predicted molar refractivity (Wildman–Crippen MR) is 70.1 cm³/mol. The number of fused-ring (bicyclic) bond motifs is 1. The molecule has 0 aliphatic rings. The number of thiazole rings is 1. The zero-order valence-electron chi connectivity index (χ0n) is 9.29. The molecule has 0 N–H and O–H groups in total. The molecule has 0 fully saturated rings. The Kier molecular flexibility index (Phi) is 5.94. The van der Waals surface area contributed by atoms with E-state index in [1.54, 1.807) is 6.07 Å². The number of carboxylic acids is 1. The van der Waals surface area contributed by atoms with Crippen molar-refractivity contribution >= 4 is 83.0 Å². The van der Waals surface area contributed by atoms with Gasteiger partial charge in [0.2, 0.25) is 0 Å². The number of hydrogen-bond acceptors (Lipinski definition) is 6. The van der Waals surface area contributed by atoms with Crippen molar-refractivity contribution in [1.29, 1.82) is 0 Å². The molecule has 4 nitrogen and oxygen atoms in total. The summed E-state index contributed by atoms with van der Waals surface area (Å²) < 4.78 is 0.880. The van der Waals surface area contributed by atoms with E-state index in [1.807, 2.05) is 18.2 Å². The Balaban J connectivity index is 0.00000162. The van der Waals surface area contributed by atoms with E-state index < -0.39 is 17.0 Å². The van der Waals surface area contributed by atoms with Crippen LogP contribution in [0.25, 0.3) is 10.2 Å². The van der Waals surface area contributed by atoms with Crippen LogP contribution in [-0.2, 0) is 22.2 Å². The van der Waals surface area contributed by atoms with Gasteiger partial charge in [0.1, 0.15) is 5.01 Å². The molecule has 7 heteroatoms. The molecular formula is C11H7CaNO3S2. The number of carboxylic acid groups (broad SMARTS) is 1. The van der Waals surface area contributed by atoms with E-state index in [2.05, 4.69) is 17.6 Å². The molecule has 1 unspecified atom stereocenters. The molecule has 0 radical (unpaired) electrons. The maximum absolute atomic E-state index is 11.0. The largest absolute Gasteiger partial charge is 2.00 e. The summed E-state index contributed by atoms with van der Waals surface area (Å²) in [5, 5.41) is 10.7. The third kappa shape index (κ3) is 3.61. The standard InChI is InChI=1S/C11H9NO3S2.Ca/c13-9(16)5-6(11(14)15)10-12-7-3-1-2-4-8(7)17-10;/h1-4,6H,5H2,(H,13,16)(H,14,15);/q;+2/p-2. The molecule has 0 spiro atoms. The van der Waals surface area contributed by atoms with E-state index in [0.29, 0.717) is 5.01 Å². The van der Waals surface area contributed by atoms with Gasteiger partial charge >= 0.3 is 37.7 Å². The second-order valence-corrected chi connectivity index (χ2v) is 4.99. The number of aliphatic carboxylic acids is 1. The summed E-state index contributed by atoms with van der Waals surface area (Å²) in [4.78, 5) is 26.0. The van der Waals surface area contributed by atoms with Crippen molar-refractivity contribution in [2.75, 3.05) is 0 Å². The first kappa shape index (κ1) is 15.8. The van der Waals surface area contributed by atoms with E-state index in [0.717, 1.165) is 10.2 Å². The summed E-state index contributed by atoms with van der Waals surface area (Å²) >= 11 is 5.65. The zero-order valence-corrected chi connectivity index (χ0v) is 13.1. The minimum atomic E-state index is -1.32. The molecule has 1 atom stereocenters. The number of benzene rings is 1. The van der Waals surface area contributed by atoms with Gasteiger partial charge in [0.15, 0.2) is 0 Å². The van der Waals surface area contributed by atoms with Gasteiger partial charge in [-0.25, -0.2) is 4.98 Å². The fraction of sp³-hybridized carbons (Fsp3) is 0.182. The molecule has 0 aliphatic carbocycles. The van der Waals surface area contributed by atoms with Crippen LogP contribution in [0.15, 0.2) is 24.3 Å². The van der Waals surface area contributed by atoms with Crippen molar-refractivity contribution < 1.29 is 14.7 Å². The van der Waals surface area contributed by atoms with Crippen molar-refractivity contribution in [3.8, 4) is 0 Å². The molecular weight excluding hydrogens is 298 g/mol. The quantitative estimate of drug-likeness (QED) is 0.597. The summed E-state index contributed by atoms with van der Waals surface area (Å²) in [5.74, 6) is -2.36. The third-order valence-electron chi connectivity index (χ3n) is 2.26. The molecule has 2 rings (SSSR count). The minimum Gasteiger partial charge on any atom is -0.742 e. The number of nitrogens with zero attached hydrogens (tertiary/aromatic N) is 1. The number of carbonyl (C=O) groups is 2. The fourth-order valence-electron chi connectivity index (χ4n) is 1.48. The second kappa shape index (κ2) is 6.77. The molecule has 1 aromatic carbocycles. The maximum atomic E-state index is 11.0. The Labute approximate surface area is 143 Å². The second-order valence-electron chi connectivity index (χ2n) is 3.47. The normalized spacial score (nSPS) is 11.8. The monoisotopic (exact) mass is 305 g/mol. The van der Waals surface area contributed by atoms with Crippen molar-refractivity contribution in [2.24, 2.45) is 0 Å². The van der Waals surface area contributed by atoms with Crippen LogP contribution in [0.3, 0.4) is 0 Å². The Morgan fingerprint density at radius 2 is 2.06 bits per heavy atom. The van der Waals surface area contributed by atoms with Crippen LogP contribution in [0.5, 0.6) is 0 Å². The van der Waals surface area contributed by atoms with E-state index in [9.17, 15) is 14.7 Å². The van der Waals surface area contributed by atoms with Gasteiger partial charge in [-0.3, -0.25) is 0 Å². The number of para-hydroxylation sites is 1. The van der Waals surface area contributed by atoms with Crippen LogP contribution in [0.2, 0.25) is 0 Å². The molecule has 2 aromatic rings. The van der Waals surface area contributed by atoms with Crippen molar-refractivity contribution in [3.05, 3.63) is 29.3 Å². The van der Waals surface area contributed by atoms with E-state index in [4.69, 9.17) is 0 Å². The first-order valence-corrected chi connectivity index (χ1v) is 6.06. The molecule has 1 heterocycles. The third-order valence-corrected chi connectivity index (χ3v) is 3.58. The smallest absolute Gasteiger partial charge is 0.742 e. The summed E-state index contributed by atoms with van der Waals surface area (Å²) in [6.07, 6.45) is -0.252. The van der Waals surface area contributed by atoms with Gasteiger partial charge < -0.3 is 27.3 Å². The van der Waals surface area contributed by atoms with E-state index >= 15 is 0 Å². The predicted octanol–water partition coefficient (Wildman–Crippen LogP) is 0.213. The topological polar surface area (TPSA) is 70.1 Å². The van der Waals surface area contributed by atoms with Crippen LogP contribution in [0.4, 0.5) is 0 Å². The van der Waals surface area contributed by atoms with Crippen molar-refractivity contribution in [1.82, 2.24) is 4.98 Å². The SMILES string of the molecule is O=C([S-])CC(C(=O)[O-])c1nc2ccccc2s1.[Ca+2]. The van der Waals surface area contributed by atoms with Gasteiger partial charge in [-0.2, -0.15) is 0 Å². The van der Waals surface area contributed by atoms with Crippen LogP contribution in [0.1, 0.15) is 17.3 Å². The van der Waals surface area contributed by atoms with Gasteiger partial charge in [0, 0.05) is 5.12 Å². The molecule has 0 amide bonds. The summed E-state index contributed by atoms with van der Waals surface area (Å²) in [6, 6.07) is 7.30. The Hall–Kier alpha value is -0.270. The average Bonchev–Trinajstić information content (AvgIpc) is 2.68. The Morgan fingerprint density at radius 1 is 1.39 bits per heavy atom. The maximum Gasteiger partial charge on any atom is 2.00 e. The molecule has 0 saturated heterocycles. The first-order chi connectivity index (χ1) is 8.08. The Bertz CT molecular complexity index is 551. The van der Waals surface area contributed by atoms with Crippen LogP contribution < -0.4 is 5.11 Å². The summed E-state index contributed by atoms with van der Waals surface area (Å²) in [5.41, 5.74) is 0.718. The van der Waals surface area contributed by atoms with E-state index in [1.165, 1.54) is 11.3 Å². The Morgan fingerprint density at radius 3 is 2.61 bits per heavy atom. The van der Waals surface area contributed by atoms with Crippen LogP contribution >= 0.6 is 11.3 Å². The van der Waals surface area contributed by atoms with Gasteiger partial charge in [0.05, 0.1) is 22.1 Å². The average molecular weight is 305 g/mol. The van der Waals surface area contributed by atoms with Gasteiger partial charge in [-0.15, -0.1) is 11.3 Å². The number of rotatable bonds is 4. The fourth-order valence-corrected chi connectivity index (χ4v) is 2.70. The molecule has 18 heavy (non-hydrogen) atoms. The minimum absolute atomic E-state index is 0. The van der Waals surface area contributed by atoms with Crippen molar-refractivity contribution in [3.63, 3.8) is 0 Å². The number of carbonyl (C=O) groups excluding carboxylic acids is 2. The number of hydrogen-bond donors (Lipinski definition) is 0. The van der Waals surface area contributed by atoms with Gasteiger partial charge in [0.25, 0.3) is 0 Å². The summed E-state index contributed by atoms with van der Waals surface area (Å²) in [6.45, 7) is 0. The van der Waals surface area contributed by atoms with Crippen LogP contribution in [-0.4, -0.2) is 53.8 Å². The van der Waals surface area contributed by atoms with Crippen molar-refractivity contribution in [2.45, 2.75) is 12.3 Å². The molecule has 88 valence electrons. The van der Waals surface area contributed by atoms with Gasteiger partial charge in [-0.1, -0.05) is 12.1 Å².